The lowest BCUT2D eigenvalue weighted by Gasteiger charge is -1.96. The van der Waals surface area contributed by atoms with Gasteiger partial charge in [-0.2, -0.15) is 4.98 Å². The summed E-state index contributed by atoms with van der Waals surface area (Å²) >= 11 is 1.69. The molecule has 0 aliphatic carbocycles. The third-order valence-corrected chi connectivity index (χ3v) is 3.19. The van der Waals surface area contributed by atoms with Crippen molar-refractivity contribution in [2.75, 3.05) is 6.54 Å². The number of thioether (sulfide) groups is 1. The van der Waals surface area contributed by atoms with Crippen LogP contribution >= 0.6 is 11.8 Å². The molecule has 0 unspecified atom stereocenters. The molecular formula is C13H15N3OS. The molecule has 2 aromatic rings. The number of hydrogen-bond acceptors (Lipinski definition) is 5. The van der Waals surface area contributed by atoms with Crippen LogP contribution in [0.2, 0.25) is 0 Å². The van der Waals surface area contributed by atoms with Gasteiger partial charge in [0, 0.05) is 11.4 Å². The largest absolute Gasteiger partial charge is 0.338 e. The van der Waals surface area contributed by atoms with Gasteiger partial charge < -0.3 is 9.84 Å². The Morgan fingerprint density at radius 2 is 2.17 bits per heavy atom. The van der Waals surface area contributed by atoms with Crippen molar-refractivity contribution in [2.24, 2.45) is 0 Å². The fraction of sp³-hybridized carbons (Fsp3) is 0.231. The highest BCUT2D eigenvalue weighted by Gasteiger charge is 2.05. The van der Waals surface area contributed by atoms with E-state index in [1.165, 1.54) is 4.90 Å². The van der Waals surface area contributed by atoms with E-state index in [-0.39, 0.29) is 0 Å². The molecule has 0 saturated carbocycles. The van der Waals surface area contributed by atoms with Crippen LogP contribution in [0.5, 0.6) is 0 Å². The molecule has 1 heterocycles. The smallest absolute Gasteiger partial charge is 0.240 e. The summed E-state index contributed by atoms with van der Waals surface area (Å²) in [5.41, 5.74) is 0. The van der Waals surface area contributed by atoms with Gasteiger partial charge in [-0.1, -0.05) is 29.4 Å². The van der Waals surface area contributed by atoms with Crippen LogP contribution in [-0.2, 0) is 12.3 Å². The molecule has 18 heavy (non-hydrogen) atoms. The summed E-state index contributed by atoms with van der Waals surface area (Å²) in [7, 11) is 0. The molecule has 0 spiro atoms. The molecule has 0 bridgehead atoms. The zero-order chi connectivity index (χ0) is 12.6. The van der Waals surface area contributed by atoms with Gasteiger partial charge in [-0.3, -0.25) is 0 Å². The Kier molecular flexibility index (Phi) is 4.99. The van der Waals surface area contributed by atoms with Gasteiger partial charge in [0.05, 0.1) is 12.3 Å². The summed E-state index contributed by atoms with van der Waals surface area (Å²) in [6.45, 7) is 4.94. The highest BCUT2D eigenvalue weighted by molar-refractivity contribution is 7.98. The summed E-state index contributed by atoms with van der Waals surface area (Å²) in [4.78, 5) is 5.50. The second kappa shape index (κ2) is 6.98. The number of aromatic nitrogens is 2. The molecule has 1 N–H and O–H groups in total. The first-order valence-electron chi connectivity index (χ1n) is 5.69. The standard InChI is InChI=1S/C13H15N3OS/c1-2-8-14-9-13-15-12(16-17-13)10-18-11-6-4-3-5-7-11/h2-7,14H,1,8-10H2. The van der Waals surface area contributed by atoms with Crippen LogP contribution in [0.15, 0.2) is 52.4 Å². The molecule has 0 fully saturated rings. The molecular weight excluding hydrogens is 246 g/mol. The van der Waals surface area contributed by atoms with E-state index in [2.05, 4.69) is 34.2 Å². The van der Waals surface area contributed by atoms with Crippen molar-refractivity contribution in [2.45, 2.75) is 17.2 Å². The van der Waals surface area contributed by atoms with Gasteiger partial charge in [-0.05, 0) is 12.1 Å². The normalized spacial score (nSPS) is 10.4. The van der Waals surface area contributed by atoms with Crippen molar-refractivity contribution in [3.8, 4) is 0 Å². The van der Waals surface area contributed by atoms with Crippen LogP contribution in [0.4, 0.5) is 0 Å². The Morgan fingerprint density at radius 3 is 2.94 bits per heavy atom. The minimum atomic E-state index is 0.578. The minimum Gasteiger partial charge on any atom is -0.338 e. The van der Waals surface area contributed by atoms with Crippen LogP contribution in [0, 0.1) is 0 Å². The second-order valence-corrected chi connectivity index (χ2v) is 4.67. The minimum absolute atomic E-state index is 0.578. The van der Waals surface area contributed by atoms with Gasteiger partial charge in [0.15, 0.2) is 5.82 Å². The lowest BCUT2D eigenvalue weighted by Crippen LogP contribution is -2.12. The predicted octanol–water partition coefficient (Wildman–Crippen LogP) is 2.64. The summed E-state index contributed by atoms with van der Waals surface area (Å²) in [5.74, 6) is 2.05. The van der Waals surface area contributed by atoms with E-state index in [1.807, 2.05) is 18.2 Å². The molecule has 4 nitrogen and oxygen atoms in total. The molecule has 94 valence electrons. The average molecular weight is 261 g/mol. The van der Waals surface area contributed by atoms with Gasteiger partial charge in [0.2, 0.25) is 5.89 Å². The molecule has 0 aliphatic rings. The maximum Gasteiger partial charge on any atom is 0.240 e. The molecule has 0 saturated heterocycles. The molecule has 1 aromatic heterocycles. The van der Waals surface area contributed by atoms with E-state index < -0.39 is 0 Å². The van der Waals surface area contributed by atoms with Crippen molar-refractivity contribution in [1.82, 2.24) is 15.5 Å². The first kappa shape index (κ1) is 12.9. The second-order valence-electron chi connectivity index (χ2n) is 3.63. The van der Waals surface area contributed by atoms with E-state index in [0.29, 0.717) is 12.4 Å². The van der Waals surface area contributed by atoms with Crippen molar-refractivity contribution in [1.29, 1.82) is 0 Å². The van der Waals surface area contributed by atoms with Crippen LogP contribution in [0.3, 0.4) is 0 Å². The highest BCUT2D eigenvalue weighted by Crippen LogP contribution is 2.20. The monoisotopic (exact) mass is 261 g/mol. The van der Waals surface area contributed by atoms with Gasteiger partial charge in [0.25, 0.3) is 0 Å². The van der Waals surface area contributed by atoms with Gasteiger partial charge >= 0.3 is 0 Å². The van der Waals surface area contributed by atoms with Crippen molar-refractivity contribution in [3.63, 3.8) is 0 Å². The molecule has 5 heteroatoms. The van der Waals surface area contributed by atoms with E-state index >= 15 is 0 Å². The first-order chi connectivity index (χ1) is 8.88. The summed E-state index contributed by atoms with van der Waals surface area (Å²) in [5, 5.41) is 7.05. The molecule has 0 aliphatic heterocycles. The van der Waals surface area contributed by atoms with E-state index in [1.54, 1.807) is 17.8 Å². The Morgan fingerprint density at radius 1 is 1.33 bits per heavy atom. The van der Waals surface area contributed by atoms with Crippen molar-refractivity contribution in [3.05, 3.63) is 54.7 Å². The Labute approximate surface area is 110 Å². The molecule has 0 amide bonds. The zero-order valence-electron chi connectivity index (χ0n) is 10.0. The molecule has 2 rings (SSSR count). The fourth-order valence-electron chi connectivity index (χ4n) is 1.37. The van der Waals surface area contributed by atoms with Crippen LogP contribution in [0.1, 0.15) is 11.7 Å². The summed E-state index contributed by atoms with van der Waals surface area (Å²) in [6, 6.07) is 10.2. The Balaban J connectivity index is 1.81. The number of nitrogens with zero attached hydrogens (tertiary/aromatic N) is 2. The Bertz CT molecular complexity index is 484. The van der Waals surface area contributed by atoms with E-state index in [0.717, 1.165) is 18.1 Å². The third kappa shape index (κ3) is 4.01. The molecule has 1 aromatic carbocycles. The topological polar surface area (TPSA) is 51.0 Å². The maximum absolute atomic E-state index is 5.13. The molecule has 0 atom stereocenters. The van der Waals surface area contributed by atoms with Crippen molar-refractivity contribution < 1.29 is 4.52 Å². The summed E-state index contributed by atoms with van der Waals surface area (Å²) in [6.07, 6.45) is 1.79. The lowest BCUT2D eigenvalue weighted by molar-refractivity contribution is 0.366. The maximum atomic E-state index is 5.13. The number of nitrogens with one attached hydrogen (secondary N) is 1. The number of rotatable bonds is 7. The number of benzene rings is 1. The first-order valence-corrected chi connectivity index (χ1v) is 6.68. The van der Waals surface area contributed by atoms with Gasteiger partial charge in [0.1, 0.15) is 0 Å². The third-order valence-electron chi connectivity index (χ3n) is 2.19. The molecule has 0 radical (unpaired) electrons. The van der Waals surface area contributed by atoms with E-state index in [9.17, 15) is 0 Å². The predicted molar refractivity (Wildman–Crippen MR) is 72.2 cm³/mol. The van der Waals surface area contributed by atoms with Gasteiger partial charge in [-0.25, -0.2) is 0 Å². The van der Waals surface area contributed by atoms with Gasteiger partial charge in [-0.15, -0.1) is 18.3 Å². The Hall–Kier alpha value is -1.59. The zero-order valence-corrected chi connectivity index (χ0v) is 10.8. The van der Waals surface area contributed by atoms with E-state index in [4.69, 9.17) is 4.52 Å². The lowest BCUT2D eigenvalue weighted by atomic mass is 10.4. The van der Waals surface area contributed by atoms with Crippen LogP contribution in [-0.4, -0.2) is 16.7 Å². The highest BCUT2D eigenvalue weighted by atomic mass is 32.2. The number of hydrogen-bond donors (Lipinski definition) is 1. The van der Waals surface area contributed by atoms with Crippen LogP contribution in [0.25, 0.3) is 0 Å². The fourth-order valence-corrected chi connectivity index (χ4v) is 2.13. The average Bonchev–Trinajstić information content (AvgIpc) is 2.86. The SMILES string of the molecule is C=CCNCc1nc(CSc2ccccc2)no1. The summed E-state index contributed by atoms with van der Waals surface area (Å²) < 4.78 is 5.13. The van der Waals surface area contributed by atoms with Crippen molar-refractivity contribution >= 4 is 11.8 Å². The quantitative estimate of drug-likeness (QED) is 0.472. The van der Waals surface area contributed by atoms with Crippen LogP contribution < -0.4 is 5.32 Å².